The molecule has 0 aromatic carbocycles. The molecule has 0 saturated carbocycles. The monoisotopic (exact) mass is 230 g/mol. The van der Waals surface area contributed by atoms with Crippen LogP contribution in [0, 0.1) is 0 Å². The fourth-order valence-corrected chi connectivity index (χ4v) is 1.27. The Labute approximate surface area is 96.8 Å². The topological polar surface area (TPSA) is 69.6 Å². The first-order valence-electron chi connectivity index (χ1n) is 5.46. The highest BCUT2D eigenvalue weighted by Gasteiger charge is 2.26. The quantitative estimate of drug-likeness (QED) is 0.755. The zero-order valence-corrected chi connectivity index (χ0v) is 10.7. The van der Waals surface area contributed by atoms with Crippen LogP contribution >= 0.6 is 0 Å². The SMILES string of the molecule is CCC(C)N(C)C(=O)NC(C)(C)CC(=O)O. The summed E-state index contributed by atoms with van der Waals surface area (Å²) < 4.78 is 0. The van der Waals surface area contributed by atoms with E-state index in [9.17, 15) is 9.59 Å². The van der Waals surface area contributed by atoms with Gasteiger partial charge in [0.05, 0.1) is 6.42 Å². The number of urea groups is 1. The van der Waals surface area contributed by atoms with Gasteiger partial charge < -0.3 is 15.3 Å². The van der Waals surface area contributed by atoms with Gasteiger partial charge in [-0.05, 0) is 27.2 Å². The van der Waals surface area contributed by atoms with E-state index in [-0.39, 0.29) is 18.5 Å². The summed E-state index contributed by atoms with van der Waals surface area (Å²) in [4.78, 5) is 23.9. The largest absolute Gasteiger partial charge is 0.481 e. The number of carbonyl (C=O) groups excluding carboxylic acids is 1. The van der Waals surface area contributed by atoms with Crippen molar-refractivity contribution < 1.29 is 14.7 Å². The molecule has 0 aliphatic heterocycles. The van der Waals surface area contributed by atoms with E-state index < -0.39 is 11.5 Å². The van der Waals surface area contributed by atoms with Gasteiger partial charge >= 0.3 is 12.0 Å². The van der Waals surface area contributed by atoms with Crippen molar-refractivity contribution in [2.24, 2.45) is 0 Å². The molecular weight excluding hydrogens is 208 g/mol. The van der Waals surface area contributed by atoms with E-state index in [1.807, 2.05) is 13.8 Å². The molecule has 0 rings (SSSR count). The Kier molecular flexibility index (Phi) is 5.27. The van der Waals surface area contributed by atoms with Crippen LogP contribution in [0.5, 0.6) is 0 Å². The van der Waals surface area contributed by atoms with Crippen molar-refractivity contribution in [3.63, 3.8) is 0 Å². The molecule has 94 valence electrons. The van der Waals surface area contributed by atoms with E-state index >= 15 is 0 Å². The average Bonchev–Trinajstić information content (AvgIpc) is 2.12. The lowest BCUT2D eigenvalue weighted by atomic mass is 10.0. The van der Waals surface area contributed by atoms with Gasteiger partial charge in [-0.25, -0.2) is 4.79 Å². The van der Waals surface area contributed by atoms with Gasteiger partial charge in [0.2, 0.25) is 0 Å². The Balaban J connectivity index is 4.38. The second kappa shape index (κ2) is 5.72. The normalized spacial score (nSPS) is 13.1. The molecule has 0 radical (unpaired) electrons. The summed E-state index contributed by atoms with van der Waals surface area (Å²) in [6.07, 6.45) is 0.774. The van der Waals surface area contributed by atoms with Crippen LogP contribution in [0.2, 0.25) is 0 Å². The lowest BCUT2D eigenvalue weighted by Gasteiger charge is -2.30. The standard InChI is InChI=1S/C11H22N2O3/c1-6-8(2)13(5)10(16)12-11(3,4)7-9(14)15/h8H,6-7H2,1-5H3,(H,12,16)(H,14,15). The summed E-state index contributed by atoms with van der Waals surface area (Å²) in [5.41, 5.74) is -0.732. The summed E-state index contributed by atoms with van der Waals surface area (Å²) in [7, 11) is 1.71. The van der Waals surface area contributed by atoms with Gasteiger partial charge in [-0.3, -0.25) is 4.79 Å². The van der Waals surface area contributed by atoms with Crippen molar-refractivity contribution in [3.8, 4) is 0 Å². The van der Waals surface area contributed by atoms with E-state index in [1.165, 1.54) is 0 Å². The van der Waals surface area contributed by atoms with Crippen LogP contribution in [0.15, 0.2) is 0 Å². The zero-order valence-electron chi connectivity index (χ0n) is 10.7. The molecule has 0 bridgehead atoms. The molecule has 5 heteroatoms. The second-order valence-corrected chi connectivity index (χ2v) is 4.75. The first-order chi connectivity index (χ1) is 7.19. The number of carbonyl (C=O) groups is 2. The van der Waals surface area contributed by atoms with Crippen molar-refractivity contribution in [1.29, 1.82) is 0 Å². The number of rotatable bonds is 5. The fourth-order valence-electron chi connectivity index (χ4n) is 1.27. The molecule has 0 aromatic rings. The highest BCUT2D eigenvalue weighted by Crippen LogP contribution is 2.10. The maximum absolute atomic E-state index is 11.8. The average molecular weight is 230 g/mol. The Morgan fingerprint density at radius 3 is 2.31 bits per heavy atom. The van der Waals surface area contributed by atoms with E-state index in [2.05, 4.69) is 5.32 Å². The van der Waals surface area contributed by atoms with Gasteiger partial charge in [-0.15, -0.1) is 0 Å². The third kappa shape index (κ3) is 5.00. The molecule has 0 spiro atoms. The Bertz CT molecular complexity index is 264. The molecule has 1 atom stereocenters. The predicted octanol–water partition coefficient (Wildman–Crippen LogP) is 1.68. The number of nitrogens with zero attached hydrogens (tertiary/aromatic N) is 1. The number of hydrogen-bond donors (Lipinski definition) is 2. The fraction of sp³-hybridized carbons (Fsp3) is 0.818. The van der Waals surface area contributed by atoms with Crippen LogP contribution in [0.1, 0.15) is 40.5 Å². The Morgan fingerprint density at radius 2 is 1.94 bits per heavy atom. The van der Waals surface area contributed by atoms with Gasteiger partial charge in [0.1, 0.15) is 0 Å². The molecule has 0 aliphatic rings. The summed E-state index contributed by atoms with van der Waals surface area (Å²) >= 11 is 0. The molecule has 5 nitrogen and oxygen atoms in total. The summed E-state index contributed by atoms with van der Waals surface area (Å²) in [5.74, 6) is -0.920. The van der Waals surface area contributed by atoms with E-state index in [1.54, 1.807) is 25.8 Å². The smallest absolute Gasteiger partial charge is 0.317 e. The van der Waals surface area contributed by atoms with Crippen molar-refractivity contribution in [2.45, 2.75) is 52.1 Å². The zero-order chi connectivity index (χ0) is 12.9. The van der Waals surface area contributed by atoms with Crippen molar-refractivity contribution in [1.82, 2.24) is 10.2 Å². The van der Waals surface area contributed by atoms with Crippen molar-refractivity contribution in [3.05, 3.63) is 0 Å². The number of aliphatic carboxylic acids is 1. The number of hydrogen-bond acceptors (Lipinski definition) is 2. The molecule has 2 amide bonds. The van der Waals surface area contributed by atoms with Crippen LogP contribution in [-0.4, -0.2) is 40.6 Å². The third-order valence-corrected chi connectivity index (χ3v) is 2.61. The number of carboxylic acid groups (broad SMARTS) is 1. The minimum atomic E-state index is -0.920. The van der Waals surface area contributed by atoms with Gasteiger partial charge in [-0.1, -0.05) is 6.92 Å². The molecule has 0 fully saturated rings. The van der Waals surface area contributed by atoms with Crippen LogP contribution < -0.4 is 5.32 Å². The van der Waals surface area contributed by atoms with Gasteiger partial charge in [0.15, 0.2) is 0 Å². The minimum Gasteiger partial charge on any atom is -0.481 e. The van der Waals surface area contributed by atoms with Crippen molar-refractivity contribution >= 4 is 12.0 Å². The highest BCUT2D eigenvalue weighted by atomic mass is 16.4. The summed E-state index contributed by atoms with van der Waals surface area (Å²) in [6, 6.07) is -0.0961. The molecular formula is C11H22N2O3. The second-order valence-electron chi connectivity index (χ2n) is 4.75. The van der Waals surface area contributed by atoms with E-state index in [0.717, 1.165) is 6.42 Å². The third-order valence-electron chi connectivity index (χ3n) is 2.61. The van der Waals surface area contributed by atoms with E-state index in [4.69, 9.17) is 5.11 Å². The molecule has 0 aliphatic carbocycles. The van der Waals surface area contributed by atoms with Gasteiger partial charge in [-0.2, -0.15) is 0 Å². The molecule has 0 heterocycles. The van der Waals surface area contributed by atoms with Crippen LogP contribution in [0.25, 0.3) is 0 Å². The lowest BCUT2D eigenvalue weighted by molar-refractivity contribution is -0.138. The number of nitrogens with one attached hydrogen (secondary N) is 1. The van der Waals surface area contributed by atoms with Crippen LogP contribution in [-0.2, 0) is 4.79 Å². The Hall–Kier alpha value is -1.26. The first kappa shape index (κ1) is 14.7. The van der Waals surface area contributed by atoms with Gasteiger partial charge in [0.25, 0.3) is 0 Å². The van der Waals surface area contributed by atoms with Crippen LogP contribution in [0.4, 0.5) is 4.79 Å². The van der Waals surface area contributed by atoms with Crippen LogP contribution in [0.3, 0.4) is 0 Å². The molecule has 0 aromatic heterocycles. The lowest BCUT2D eigenvalue weighted by Crippen LogP contribution is -2.51. The molecule has 0 saturated heterocycles. The minimum absolute atomic E-state index is 0.0902. The predicted molar refractivity (Wildman–Crippen MR) is 62.4 cm³/mol. The number of carboxylic acids is 1. The maximum atomic E-state index is 11.8. The molecule has 2 N–H and O–H groups in total. The highest BCUT2D eigenvalue weighted by molar-refractivity contribution is 5.76. The maximum Gasteiger partial charge on any atom is 0.317 e. The molecule has 1 unspecified atom stereocenters. The van der Waals surface area contributed by atoms with Crippen molar-refractivity contribution in [2.75, 3.05) is 7.05 Å². The number of amides is 2. The molecule has 16 heavy (non-hydrogen) atoms. The summed E-state index contributed by atoms with van der Waals surface area (Å²) in [6.45, 7) is 7.34. The summed E-state index contributed by atoms with van der Waals surface area (Å²) in [5, 5.41) is 11.4. The van der Waals surface area contributed by atoms with E-state index in [0.29, 0.717) is 0 Å². The van der Waals surface area contributed by atoms with Gasteiger partial charge in [0, 0.05) is 18.6 Å². The first-order valence-corrected chi connectivity index (χ1v) is 5.46. The Morgan fingerprint density at radius 1 is 1.44 bits per heavy atom.